The number of carbonyl (C=O) groups excluding carboxylic acids is 1. The highest BCUT2D eigenvalue weighted by Gasteiger charge is 2.35. The third-order valence-corrected chi connectivity index (χ3v) is 10.3. The Morgan fingerprint density at radius 3 is 2.53 bits per heavy atom. The van der Waals surface area contributed by atoms with Gasteiger partial charge in [-0.25, -0.2) is 18.3 Å². The molecule has 0 radical (unpaired) electrons. The maximum Gasteiger partial charge on any atom is 0.410 e. The molecular formula is C43H40ClF2N5O6. The van der Waals surface area contributed by atoms with Gasteiger partial charge in [-0.05, 0) is 78.4 Å². The topological polar surface area (TPSA) is 110 Å². The molecule has 2 fully saturated rings. The van der Waals surface area contributed by atoms with Crippen LogP contribution in [0.5, 0.6) is 17.6 Å². The Hall–Kier alpha value is -5.79. The molecule has 3 unspecified atom stereocenters. The minimum atomic E-state index is -1.42. The summed E-state index contributed by atoms with van der Waals surface area (Å²) in [5.74, 6) is 0.379. The van der Waals surface area contributed by atoms with E-state index in [-0.39, 0.29) is 55.9 Å². The third-order valence-electron chi connectivity index (χ3n) is 10.0. The van der Waals surface area contributed by atoms with Gasteiger partial charge in [-0.15, -0.1) is 0 Å². The van der Waals surface area contributed by atoms with Gasteiger partial charge < -0.3 is 28.6 Å². The minimum absolute atomic E-state index is 0.0338. The zero-order valence-corrected chi connectivity index (χ0v) is 31.9. The smallest absolute Gasteiger partial charge is 0.410 e. The molecule has 0 aliphatic carbocycles. The summed E-state index contributed by atoms with van der Waals surface area (Å²) in [4.78, 5) is 23.8. The number of carbonyl (C=O) groups is 1. The van der Waals surface area contributed by atoms with Gasteiger partial charge in [0.2, 0.25) is 5.88 Å². The van der Waals surface area contributed by atoms with Crippen molar-refractivity contribution < 1.29 is 37.3 Å². The van der Waals surface area contributed by atoms with E-state index in [1.807, 2.05) is 77.5 Å². The van der Waals surface area contributed by atoms with Crippen LogP contribution in [-0.4, -0.2) is 69.8 Å². The van der Waals surface area contributed by atoms with E-state index >= 15 is 8.78 Å². The molecule has 2 saturated heterocycles. The fourth-order valence-corrected chi connectivity index (χ4v) is 7.16. The van der Waals surface area contributed by atoms with Crippen LogP contribution in [0.3, 0.4) is 0 Å². The second-order valence-corrected chi connectivity index (χ2v) is 14.4. The van der Waals surface area contributed by atoms with Crippen LogP contribution in [0.1, 0.15) is 43.0 Å². The Kier molecular flexibility index (Phi) is 11.5. The number of hydrogen-bond donors (Lipinski definition) is 0. The summed E-state index contributed by atoms with van der Waals surface area (Å²) >= 11 is 6.08. The summed E-state index contributed by atoms with van der Waals surface area (Å²) < 4.78 is 62.0. The lowest BCUT2D eigenvalue weighted by atomic mass is 10.0. The second-order valence-electron chi connectivity index (χ2n) is 13.9. The number of methoxy groups -OCH3 is 1. The number of alkyl halides is 1. The van der Waals surface area contributed by atoms with Gasteiger partial charge in [-0.2, -0.15) is 15.1 Å². The molecule has 2 aliphatic heterocycles. The Morgan fingerprint density at radius 2 is 1.75 bits per heavy atom. The highest BCUT2D eigenvalue weighted by molar-refractivity contribution is 6.30. The molecule has 0 spiro atoms. The van der Waals surface area contributed by atoms with Gasteiger partial charge in [0.05, 0.1) is 19.2 Å². The molecule has 0 saturated carbocycles. The van der Waals surface area contributed by atoms with Crippen LogP contribution in [0.4, 0.5) is 13.6 Å². The number of benzene rings is 4. The maximum absolute atomic E-state index is 15.6. The van der Waals surface area contributed by atoms with E-state index in [9.17, 15) is 4.79 Å². The molecule has 4 aromatic carbocycles. The SMILES string of the molecule is COc1ccc(COc2cc(-c3nn(C4CCCCO4)c4ccc(-c5ccc(Cl)cc5F)cc34)nc(OC3CN(C(=O)OCc4ccccc4)CCC3F)n2)cc1. The molecule has 2 aromatic heterocycles. The number of likely N-dealkylation sites (tertiary alicyclic amines) is 1. The lowest BCUT2D eigenvalue weighted by Crippen LogP contribution is -2.50. The lowest BCUT2D eigenvalue weighted by Gasteiger charge is -2.33. The van der Waals surface area contributed by atoms with Crippen molar-refractivity contribution in [3.63, 3.8) is 0 Å². The standard InChI is InChI=1S/C43H40ClF2N5O6/c1-53-31-14-10-28(11-15-31)25-55-39-23-36(47-42(48-39)57-38-24-50(19-18-34(38)45)43(52)56-26-27-7-3-2-4-8-27)41-33-21-29(32-16-13-30(44)22-35(32)46)12-17-37(33)51(49-41)40-9-5-6-20-54-40/h2-4,7-8,10-17,21-23,34,38,40H,5-6,9,18-20,24-26H2,1H3. The van der Waals surface area contributed by atoms with Crippen LogP contribution < -0.4 is 14.2 Å². The van der Waals surface area contributed by atoms with Crippen molar-refractivity contribution in [2.75, 3.05) is 26.8 Å². The Bertz CT molecular complexity index is 2340. The van der Waals surface area contributed by atoms with Gasteiger partial charge >= 0.3 is 12.1 Å². The van der Waals surface area contributed by atoms with Gasteiger partial charge in [0.15, 0.2) is 12.3 Å². The second kappa shape index (κ2) is 17.1. The molecule has 0 bridgehead atoms. The van der Waals surface area contributed by atoms with Crippen LogP contribution in [0, 0.1) is 5.82 Å². The fraction of sp³-hybridized carbons (Fsp3) is 0.302. The number of amides is 1. The molecular weight excluding hydrogens is 756 g/mol. The molecule has 6 aromatic rings. The van der Waals surface area contributed by atoms with Crippen molar-refractivity contribution in [1.82, 2.24) is 24.6 Å². The first-order valence-corrected chi connectivity index (χ1v) is 19.2. The zero-order valence-electron chi connectivity index (χ0n) is 31.2. The summed E-state index contributed by atoms with van der Waals surface area (Å²) in [6, 6.07) is 28.3. The van der Waals surface area contributed by atoms with Gasteiger partial charge in [-0.3, -0.25) is 0 Å². The molecule has 4 heterocycles. The molecule has 3 atom stereocenters. The molecule has 2 aliphatic rings. The predicted molar refractivity (Wildman–Crippen MR) is 209 cm³/mol. The number of fused-ring (bicyclic) bond motifs is 1. The summed E-state index contributed by atoms with van der Waals surface area (Å²) in [6.07, 6.45) is -0.730. The molecule has 0 N–H and O–H groups in total. The first-order chi connectivity index (χ1) is 27.8. The van der Waals surface area contributed by atoms with Crippen molar-refractivity contribution in [1.29, 1.82) is 0 Å². The van der Waals surface area contributed by atoms with Crippen LogP contribution in [-0.2, 0) is 22.7 Å². The zero-order chi connectivity index (χ0) is 39.3. The Labute approximate surface area is 333 Å². The molecule has 14 heteroatoms. The third kappa shape index (κ3) is 8.79. The van der Waals surface area contributed by atoms with E-state index in [1.54, 1.807) is 25.3 Å². The largest absolute Gasteiger partial charge is 0.497 e. The van der Waals surface area contributed by atoms with E-state index in [0.717, 1.165) is 35.9 Å². The van der Waals surface area contributed by atoms with Crippen molar-refractivity contribution in [2.24, 2.45) is 0 Å². The Morgan fingerprint density at radius 1 is 0.930 bits per heavy atom. The monoisotopic (exact) mass is 795 g/mol. The number of halogens is 3. The van der Waals surface area contributed by atoms with Crippen LogP contribution in [0.25, 0.3) is 33.4 Å². The number of rotatable bonds is 11. The van der Waals surface area contributed by atoms with E-state index < -0.39 is 24.2 Å². The van der Waals surface area contributed by atoms with Crippen molar-refractivity contribution in [2.45, 2.75) is 57.4 Å². The number of ether oxygens (including phenoxy) is 5. The highest BCUT2D eigenvalue weighted by Crippen LogP contribution is 2.37. The van der Waals surface area contributed by atoms with Crippen molar-refractivity contribution in [3.05, 3.63) is 119 Å². The van der Waals surface area contributed by atoms with Gasteiger partial charge in [-0.1, -0.05) is 60.1 Å². The van der Waals surface area contributed by atoms with Gasteiger partial charge in [0.1, 0.15) is 42.3 Å². The number of aromatic nitrogens is 4. The fourth-order valence-electron chi connectivity index (χ4n) is 7.00. The average molecular weight is 796 g/mol. The minimum Gasteiger partial charge on any atom is -0.497 e. The van der Waals surface area contributed by atoms with Gasteiger partial charge in [0.25, 0.3) is 0 Å². The maximum atomic E-state index is 15.6. The van der Waals surface area contributed by atoms with Crippen molar-refractivity contribution >= 4 is 28.6 Å². The summed E-state index contributed by atoms with van der Waals surface area (Å²) in [5.41, 5.74) is 4.15. The average Bonchev–Trinajstić information content (AvgIpc) is 3.63. The number of hydrogen-bond acceptors (Lipinski definition) is 9. The van der Waals surface area contributed by atoms with E-state index in [1.165, 1.54) is 11.0 Å². The number of nitrogens with zero attached hydrogens (tertiary/aromatic N) is 5. The number of piperidine rings is 1. The summed E-state index contributed by atoms with van der Waals surface area (Å²) in [7, 11) is 1.59. The van der Waals surface area contributed by atoms with E-state index in [4.69, 9.17) is 45.4 Å². The van der Waals surface area contributed by atoms with Crippen LogP contribution in [0.15, 0.2) is 97.1 Å². The first kappa shape index (κ1) is 38.1. The van der Waals surface area contributed by atoms with Crippen LogP contribution >= 0.6 is 11.6 Å². The summed E-state index contributed by atoms with van der Waals surface area (Å²) in [6.45, 7) is 0.889. The van der Waals surface area contributed by atoms with Gasteiger partial charge in [0, 0.05) is 41.6 Å². The summed E-state index contributed by atoms with van der Waals surface area (Å²) in [5, 5.41) is 5.99. The predicted octanol–water partition coefficient (Wildman–Crippen LogP) is 9.37. The molecule has 11 nitrogen and oxygen atoms in total. The Balaban J connectivity index is 1.15. The van der Waals surface area contributed by atoms with Crippen molar-refractivity contribution in [3.8, 4) is 40.2 Å². The highest BCUT2D eigenvalue weighted by atomic mass is 35.5. The lowest BCUT2D eigenvalue weighted by molar-refractivity contribution is -0.0365. The molecule has 8 rings (SSSR count). The quantitative estimate of drug-likeness (QED) is 0.127. The molecule has 294 valence electrons. The van der Waals surface area contributed by atoms with E-state index in [2.05, 4.69) is 4.98 Å². The molecule has 57 heavy (non-hydrogen) atoms. The van der Waals surface area contributed by atoms with E-state index in [0.29, 0.717) is 40.3 Å². The normalized spacial score (nSPS) is 18.3. The first-order valence-electron chi connectivity index (χ1n) is 18.8. The molecule has 1 amide bonds. The van der Waals surface area contributed by atoms with Crippen LogP contribution in [0.2, 0.25) is 5.02 Å².